The number of hydrogen-bond acceptors (Lipinski definition) is 4. The van der Waals surface area contributed by atoms with Gasteiger partial charge in [-0.3, -0.25) is 0 Å². The minimum absolute atomic E-state index is 0.103. The normalized spacial score (nSPS) is 13.2. The maximum atomic E-state index is 12.0. The molecule has 0 spiro atoms. The summed E-state index contributed by atoms with van der Waals surface area (Å²) in [6.45, 7) is 1.35. The van der Waals surface area contributed by atoms with Gasteiger partial charge in [0.15, 0.2) is 5.69 Å². The summed E-state index contributed by atoms with van der Waals surface area (Å²) in [4.78, 5) is 17.6. The Morgan fingerprint density at radius 3 is 2.53 bits per heavy atom. The summed E-state index contributed by atoms with van der Waals surface area (Å²) in [5.74, 6) is -1.14. The van der Waals surface area contributed by atoms with E-state index in [0.29, 0.717) is 0 Å². The molecule has 0 fully saturated rings. The standard InChI is InChI=1S/C9H10F3N3O2/c1-5(2-9(10,11)12)15-7-4-13-6(3-14-7)8(16)17/h3-5H,2H2,1H3,(H,14,15)(H,16,17). The van der Waals surface area contributed by atoms with Gasteiger partial charge in [0.05, 0.1) is 18.8 Å². The molecule has 1 aromatic heterocycles. The number of nitrogens with one attached hydrogen (secondary N) is 1. The van der Waals surface area contributed by atoms with Gasteiger partial charge in [-0.1, -0.05) is 0 Å². The molecule has 0 amide bonds. The van der Waals surface area contributed by atoms with E-state index in [1.165, 1.54) is 6.92 Å². The predicted molar refractivity (Wildman–Crippen MR) is 52.7 cm³/mol. The number of carboxylic acid groups (broad SMARTS) is 1. The molecule has 0 aromatic carbocycles. The molecular formula is C9H10F3N3O2. The van der Waals surface area contributed by atoms with Gasteiger partial charge in [0.1, 0.15) is 5.82 Å². The van der Waals surface area contributed by atoms with Crippen molar-refractivity contribution < 1.29 is 23.1 Å². The second-order valence-corrected chi connectivity index (χ2v) is 3.46. The van der Waals surface area contributed by atoms with Crippen LogP contribution in [0.4, 0.5) is 19.0 Å². The number of halogens is 3. The Morgan fingerprint density at radius 2 is 2.12 bits per heavy atom. The highest BCUT2D eigenvalue weighted by atomic mass is 19.4. The zero-order chi connectivity index (χ0) is 13.1. The smallest absolute Gasteiger partial charge is 0.391 e. The van der Waals surface area contributed by atoms with Crippen LogP contribution in [0.2, 0.25) is 0 Å². The summed E-state index contributed by atoms with van der Waals surface area (Å²) in [5.41, 5.74) is -0.265. The largest absolute Gasteiger partial charge is 0.476 e. The summed E-state index contributed by atoms with van der Waals surface area (Å²) in [6, 6.07) is -0.861. The first-order valence-corrected chi connectivity index (χ1v) is 4.66. The van der Waals surface area contributed by atoms with E-state index >= 15 is 0 Å². The van der Waals surface area contributed by atoms with E-state index in [2.05, 4.69) is 15.3 Å². The van der Waals surface area contributed by atoms with Crippen molar-refractivity contribution in [2.24, 2.45) is 0 Å². The van der Waals surface area contributed by atoms with Crippen LogP contribution < -0.4 is 5.32 Å². The van der Waals surface area contributed by atoms with Crippen LogP contribution >= 0.6 is 0 Å². The maximum Gasteiger partial charge on any atom is 0.391 e. The SMILES string of the molecule is CC(CC(F)(F)F)Nc1cnc(C(=O)O)cn1. The van der Waals surface area contributed by atoms with Gasteiger partial charge >= 0.3 is 12.1 Å². The zero-order valence-corrected chi connectivity index (χ0v) is 8.82. The number of rotatable bonds is 4. The topological polar surface area (TPSA) is 75.1 Å². The molecule has 1 atom stereocenters. The Morgan fingerprint density at radius 1 is 1.47 bits per heavy atom. The van der Waals surface area contributed by atoms with Gasteiger partial charge in [-0.25, -0.2) is 14.8 Å². The molecule has 0 radical (unpaired) electrons. The van der Waals surface area contributed by atoms with Crippen LogP contribution in [0, 0.1) is 0 Å². The van der Waals surface area contributed by atoms with E-state index in [1.807, 2.05) is 0 Å². The third-order valence-electron chi connectivity index (χ3n) is 1.80. The summed E-state index contributed by atoms with van der Waals surface area (Å²) < 4.78 is 36.1. The molecule has 1 unspecified atom stereocenters. The molecule has 0 aliphatic carbocycles. The minimum Gasteiger partial charge on any atom is -0.476 e. The maximum absolute atomic E-state index is 12.0. The Kier molecular flexibility index (Phi) is 3.87. The van der Waals surface area contributed by atoms with Crippen LogP contribution in [0.3, 0.4) is 0 Å². The summed E-state index contributed by atoms with van der Waals surface area (Å²) in [5, 5.41) is 11.0. The fourth-order valence-electron chi connectivity index (χ4n) is 1.16. The number of carboxylic acids is 1. The lowest BCUT2D eigenvalue weighted by molar-refractivity contribution is -0.136. The number of hydrogen-bond donors (Lipinski definition) is 2. The molecule has 94 valence electrons. The van der Waals surface area contributed by atoms with Crippen molar-refractivity contribution in [2.45, 2.75) is 25.6 Å². The lowest BCUT2D eigenvalue weighted by atomic mass is 10.2. The molecule has 0 saturated carbocycles. The molecule has 1 heterocycles. The Labute approximate surface area is 94.7 Å². The molecule has 5 nitrogen and oxygen atoms in total. The molecule has 8 heteroatoms. The third kappa shape index (κ3) is 4.66. The molecular weight excluding hydrogens is 239 g/mol. The lowest BCUT2D eigenvalue weighted by Gasteiger charge is -2.15. The van der Waals surface area contributed by atoms with Crippen LogP contribution in [-0.4, -0.2) is 33.3 Å². The lowest BCUT2D eigenvalue weighted by Crippen LogP contribution is -2.24. The highest BCUT2D eigenvalue weighted by Gasteiger charge is 2.30. The Bertz CT molecular complexity index is 391. The number of nitrogens with zero attached hydrogens (tertiary/aromatic N) is 2. The number of anilines is 1. The molecule has 0 aliphatic heterocycles. The van der Waals surface area contributed by atoms with Crippen molar-refractivity contribution in [3.8, 4) is 0 Å². The zero-order valence-electron chi connectivity index (χ0n) is 8.82. The van der Waals surface area contributed by atoms with E-state index in [4.69, 9.17) is 5.11 Å². The van der Waals surface area contributed by atoms with Crippen molar-refractivity contribution in [1.29, 1.82) is 0 Å². The van der Waals surface area contributed by atoms with E-state index in [9.17, 15) is 18.0 Å². The Balaban J connectivity index is 2.60. The summed E-state index contributed by atoms with van der Waals surface area (Å²) in [7, 11) is 0. The number of carbonyl (C=O) groups is 1. The first-order chi connectivity index (χ1) is 7.78. The van der Waals surface area contributed by atoms with E-state index in [1.54, 1.807) is 0 Å². The average molecular weight is 249 g/mol. The predicted octanol–water partition coefficient (Wildman–Crippen LogP) is 1.93. The highest BCUT2D eigenvalue weighted by Crippen LogP contribution is 2.22. The van der Waals surface area contributed by atoms with Gasteiger partial charge < -0.3 is 10.4 Å². The number of alkyl halides is 3. The minimum atomic E-state index is -4.26. The first kappa shape index (κ1) is 13.2. The van der Waals surface area contributed by atoms with Crippen LogP contribution in [0.25, 0.3) is 0 Å². The monoisotopic (exact) mass is 249 g/mol. The van der Waals surface area contributed by atoms with E-state index in [-0.39, 0.29) is 11.5 Å². The van der Waals surface area contributed by atoms with Crippen LogP contribution in [0.1, 0.15) is 23.8 Å². The third-order valence-corrected chi connectivity index (χ3v) is 1.80. The van der Waals surface area contributed by atoms with Crippen molar-refractivity contribution in [1.82, 2.24) is 9.97 Å². The van der Waals surface area contributed by atoms with Gasteiger partial charge in [0, 0.05) is 6.04 Å². The summed E-state index contributed by atoms with van der Waals surface area (Å²) in [6.07, 6.45) is -3.21. The van der Waals surface area contributed by atoms with Crippen LogP contribution in [-0.2, 0) is 0 Å². The number of aromatic nitrogens is 2. The highest BCUT2D eigenvalue weighted by molar-refractivity contribution is 5.84. The van der Waals surface area contributed by atoms with Gasteiger partial charge in [-0.05, 0) is 6.92 Å². The molecule has 2 N–H and O–H groups in total. The molecule has 0 aliphatic rings. The molecule has 0 bridgehead atoms. The second-order valence-electron chi connectivity index (χ2n) is 3.46. The molecule has 1 rings (SSSR count). The average Bonchev–Trinajstić information content (AvgIpc) is 2.15. The fourth-order valence-corrected chi connectivity index (χ4v) is 1.16. The molecule has 17 heavy (non-hydrogen) atoms. The van der Waals surface area contributed by atoms with Crippen LogP contribution in [0.5, 0.6) is 0 Å². The van der Waals surface area contributed by atoms with E-state index < -0.39 is 24.6 Å². The van der Waals surface area contributed by atoms with Crippen molar-refractivity contribution in [3.63, 3.8) is 0 Å². The van der Waals surface area contributed by atoms with Crippen molar-refractivity contribution >= 4 is 11.8 Å². The molecule has 0 saturated heterocycles. The van der Waals surface area contributed by atoms with Gasteiger partial charge in [0.25, 0.3) is 0 Å². The first-order valence-electron chi connectivity index (χ1n) is 4.66. The summed E-state index contributed by atoms with van der Waals surface area (Å²) >= 11 is 0. The van der Waals surface area contributed by atoms with Gasteiger partial charge in [0.2, 0.25) is 0 Å². The Hall–Kier alpha value is -1.86. The van der Waals surface area contributed by atoms with Crippen molar-refractivity contribution in [2.75, 3.05) is 5.32 Å². The van der Waals surface area contributed by atoms with E-state index in [0.717, 1.165) is 12.4 Å². The van der Waals surface area contributed by atoms with Crippen molar-refractivity contribution in [3.05, 3.63) is 18.1 Å². The van der Waals surface area contributed by atoms with Crippen LogP contribution in [0.15, 0.2) is 12.4 Å². The van der Waals surface area contributed by atoms with Gasteiger partial charge in [-0.15, -0.1) is 0 Å². The number of aromatic carboxylic acids is 1. The second kappa shape index (κ2) is 4.98. The quantitative estimate of drug-likeness (QED) is 0.852. The van der Waals surface area contributed by atoms with Gasteiger partial charge in [-0.2, -0.15) is 13.2 Å². The fraction of sp³-hybridized carbons (Fsp3) is 0.444. The molecule has 1 aromatic rings.